The Morgan fingerprint density at radius 1 is 0.483 bits per heavy atom. The highest BCUT2D eigenvalue weighted by molar-refractivity contribution is 5.91. The third kappa shape index (κ3) is 23.8. The average Bonchev–Trinajstić information content (AvgIpc) is 2.48. The number of rotatable bonds is 11. The second kappa shape index (κ2) is 16.8. The van der Waals surface area contributed by atoms with Crippen molar-refractivity contribution >= 4 is 23.9 Å². The van der Waals surface area contributed by atoms with Gasteiger partial charge in [-0.05, 0) is 68.2 Å². The van der Waals surface area contributed by atoms with Crippen LogP contribution >= 0.6 is 0 Å². The summed E-state index contributed by atoms with van der Waals surface area (Å²) in [4.78, 5) is 44.1. The molecule has 0 atom stereocenters. The topological polar surface area (TPSA) is 105 Å². The Morgan fingerprint density at radius 3 is 0.966 bits per heavy atom. The van der Waals surface area contributed by atoms with Crippen LogP contribution in [0.1, 0.15) is 87.5 Å². The van der Waals surface area contributed by atoms with Gasteiger partial charge in [0.25, 0.3) is 0 Å². The van der Waals surface area contributed by atoms with E-state index < -0.39 is 11.9 Å². The van der Waals surface area contributed by atoms with E-state index in [1.165, 1.54) is 0 Å². The van der Waals surface area contributed by atoms with Crippen molar-refractivity contribution in [2.75, 3.05) is 0 Å². The highest BCUT2D eigenvalue weighted by atomic mass is 16.6. The first-order valence-electron chi connectivity index (χ1n) is 10.1. The Labute approximate surface area is 174 Å². The van der Waals surface area contributed by atoms with E-state index in [1.807, 2.05) is 27.7 Å². The van der Waals surface area contributed by atoms with Crippen molar-refractivity contribution in [3.8, 4) is 0 Å². The van der Waals surface area contributed by atoms with Crippen LogP contribution in [0.15, 0.2) is 0 Å². The fourth-order valence-corrected chi connectivity index (χ4v) is 1.91. The molecule has 0 aromatic carbocycles. The summed E-state index contributed by atoms with van der Waals surface area (Å²) in [5.41, 5.74) is 0. The third-order valence-corrected chi connectivity index (χ3v) is 2.77. The Morgan fingerprint density at radius 2 is 0.724 bits per heavy atom. The Hall–Kier alpha value is -2.12. The summed E-state index contributed by atoms with van der Waals surface area (Å²) in [5, 5.41) is 0. The number of unbranched alkanes of at least 4 members (excludes halogenated alkanes) is 1. The van der Waals surface area contributed by atoms with Crippen molar-refractivity contribution in [1.82, 2.24) is 0 Å². The number of hydrogen-bond acceptors (Lipinski definition) is 8. The molecule has 0 aliphatic carbocycles. The fraction of sp³-hybridized carbons (Fsp3) is 0.810. The fourth-order valence-electron chi connectivity index (χ4n) is 1.91. The minimum absolute atomic E-state index is 0.0709. The first kappa shape index (κ1) is 29.1. The lowest BCUT2D eigenvalue weighted by Gasteiger charge is -2.09. The second-order valence-electron chi connectivity index (χ2n) is 7.54. The van der Waals surface area contributed by atoms with Crippen LogP contribution < -0.4 is 0 Å². The van der Waals surface area contributed by atoms with Crippen molar-refractivity contribution in [1.29, 1.82) is 0 Å². The van der Waals surface area contributed by atoms with Gasteiger partial charge in [-0.1, -0.05) is 0 Å². The monoisotopic (exact) mass is 418 g/mol. The Bertz CT molecular complexity index is 451. The van der Waals surface area contributed by atoms with Gasteiger partial charge >= 0.3 is 23.9 Å². The molecule has 0 spiro atoms. The molecule has 0 saturated heterocycles. The molecule has 0 aliphatic rings. The summed E-state index contributed by atoms with van der Waals surface area (Å²) in [5.74, 6) is -1.49. The minimum atomic E-state index is -0.541. The van der Waals surface area contributed by atoms with Gasteiger partial charge in [0.15, 0.2) is 0 Å². The number of ether oxygens (including phenoxy) is 4. The molecular weight excluding hydrogens is 380 g/mol. The second-order valence-corrected chi connectivity index (χ2v) is 7.54. The summed E-state index contributed by atoms with van der Waals surface area (Å²) in [7, 11) is 0. The van der Waals surface area contributed by atoms with E-state index in [9.17, 15) is 19.2 Å². The number of carbonyl (C=O) groups is 4. The van der Waals surface area contributed by atoms with E-state index in [-0.39, 0.29) is 42.8 Å². The zero-order valence-electron chi connectivity index (χ0n) is 19.1. The predicted octanol–water partition coefficient (Wildman–Crippen LogP) is 3.73. The molecular formula is C21H38O8. The zero-order valence-corrected chi connectivity index (χ0v) is 19.1. The van der Waals surface area contributed by atoms with Gasteiger partial charge in [-0.15, -0.1) is 0 Å². The Kier molecular flexibility index (Phi) is 16.8. The highest BCUT2D eigenvalue weighted by Crippen LogP contribution is 2.05. The van der Waals surface area contributed by atoms with E-state index in [0.717, 1.165) is 0 Å². The third-order valence-electron chi connectivity index (χ3n) is 2.77. The van der Waals surface area contributed by atoms with E-state index in [2.05, 4.69) is 0 Å². The molecule has 0 unspecified atom stereocenters. The zero-order chi connectivity index (χ0) is 23.0. The summed E-state index contributed by atoms with van der Waals surface area (Å²) < 4.78 is 19.5. The molecule has 8 nitrogen and oxygen atoms in total. The van der Waals surface area contributed by atoms with Gasteiger partial charge in [-0.25, -0.2) is 0 Å². The number of esters is 4. The van der Waals surface area contributed by atoms with Gasteiger partial charge in [0.05, 0.1) is 24.4 Å². The van der Waals surface area contributed by atoms with Crippen LogP contribution in [0.3, 0.4) is 0 Å². The molecule has 0 saturated carbocycles. The molecule has 170 valence electrons. The van der Waals surface area contributed by atoms with Crippen LogP contribution in [-0.4, -0.2) is 48.3 Å². The molecule has 0 aromatic rings. The van der Waals surface area contributed by atoms with E-state index in [4.69, 9.17) is 18.9 Å². The number of carbonyl (C=O) groups excluding carboxylic acids is 4. The molecule has 0 fully saturated rings. The lowest BCUT2D eigenvalue weighted by Crippen LogP contribution is -2.19. The molecule has 0 amide bonds. The van der Waals surface area contributed by atoms with Crippen LogP contribution in [0, 0.1) is 0 Å². The molecule has 0 aromatic heterocycles. The van der Waals surface area contributed by atoms with Crippen molar-refractivity contribution in [2.45, 2.75) is 112 Å². The minimum Gasteiger partial charge on any atom is -0.463 e. The van der Waals surface area contributed by atoms with Gasteiger partial charge < -0.3 is 18.9 Å². The summed E-state index contributed by atoms with van der Waals surface area (Å²) in [6.45, 7) is 14.2. The maximum Gasteiger partial charge on any atom is 0.317 e. The smallest absolute Gasteiger partial charge is 0.317 e. The van der Waals surface area contributed by atoms with Crippen LogP contribution in [0.2, 0.25) is 0 Å². The molecule has 8 heteroatoms. The van der Waals surface area contributed by atoms with Crippen LogP contribution in [0.4, 0.5) is 0 Å². The molecule has 0 aliphatic heterocycles. The van der Waals surface area contributed by atoms with Gasteiger partial charge in [0, 0.05) is 12.8 Å². The van der Waals surface area contributed by atoms with Gasteiger partial charge in [0.2, 0.25) is 0 Å². The van der Waals surface area contributed by atoms with Crippen molar-refractivity contribution < 1.29 is 38.1 Å². The average molecular weight is 419 g/mol. The molecule has 0 bridgehead atoms. The number of hydrogen-bond donors (Lipinski definition) is 0. The van der Waals surface area contributed by atoms with Crippen LogP contribution in [-0.2, 0) is 38.1 Å². The van der Waals surface area contributed by atoms with E-state index in [1.54, 1.807) is 27.7 Å². The SMILES string of the molecule is CC(C)OC(=O)CC(=O)OC(C)C.CC(C)OC(=O)CCCCC(=O)OC(C)C. The van der Waals surface area contributed by atoms with Crippen molar-refractivity contribution in [2.24, 2.45) is 0 Å². The largest absolute Gasteiger partial charge is 0.463 e. The quantitative estimate of drug-likeness (QED) is 0.216. The van der Waals surface area contributed by atoms with Crippen LogP contribution in [0.25, 0.3) is 0 Å². The first-order valence-corrected chi connectivity index (χ1v) is 10.1. The normalized spacial score (nSPS) is 10.5. The molecule has 0 heterocycles. The molecule has 29 heavy (non-hydrogen) atoms. The van der Waals surface area contributed by atoms with Crippen molar-refractivity contribution in [3.05, 3.63) is 0 Å². The predicted molar refractivity (Wildman–Crippen MR) is 108 cm³/mol. The molecule has 0 radical (unpaired) electrons. The van der Waals surface area contributed by atoms with Crippen LogP contribution in [0.5, 0.6) is 0 Å². The summed E-state index contributed by atoms with van der Waals surface area (Å²) in [6.07, 6.45) is 1.23. The molecule has 0 rings (SSSR count). The lowest BCUT2D eigenvalue weighted by atomic mass is 10.2. The summed E-state index contributed by atoms with van der Waals surface area (Å²) >= 11 is 0. The maximum atomic E-state index is 11.1. The standard InChI is InChI=1S/C12H22O4.C9H16O4/c1-9(2)15-11(13)7-5-6-8-12(14)16-10(3)4;1-6(2)12-8(10)5-9(11)13-7(3)4/h9-10H,5-8H2,1-4H3;6-7H,5H2,1-4H3. The van der Waals surface area contributed by atoms with Gasteiger partial charge in [-0.3, -0.25) is 19.2 Å². The molecule has 0 N–H and O–H groups in total. The van der Waals surface area contributed by atoms with E-state index >= 15 is 0 Å². The summed E-state index contributed by atoms with van der Waals surface area (Å²) in [6, 6.07) is 0. The Balaban J connectivity index is 0. The van der Waals surface area contributed by atoms with Gasteiger partial charge in [-0.2, -0.15) is 0 Å². The highest BCUT2D eigenvalue weighted by Gasteiger charge is 2.14. The lowest BCUT2D eigenvalue weighted by molar-refractivity contribution is -0.158. The van der Waals surface area contributed by atoms with Gasteiger partial charge in [0.1, 0.15) is 6.42 Å². The van der Waals surface area contributed by atoms with Crippen molar-refractivity contribution in [3.63, 3.8) is 0 Å². The first-order chi connectivity index (χ1) is 13.3. The maximum absolute atomic E-state index is 11.1. The van der Waals surface area contributed by atoms with E-state index in [0.29, 0.717) is 25.7 Å².